The molecule has 1 aromatic heterocycles. The molecule has 0 amide bonds. The molecule has 14 heavy (non-hydrogen) atoms. The van der Waals surface area contributed by atoms with E-state index in [4.69, 9.17) is 17.3 Å². The predicted octanol–water partition coefficient (Wildman–Crippen LogP) is 1.37. The Balaban J connectivity index is 2.50. The maximum atomic E-state index is 5.74. The Labute approximate surface area is 92.9 Å². The van der Waals surface area contributed by atoms with Crippen molar-refractivity contribution in [2.45, 2.75) is 5.03 Å². The zero-order chi connectivity index (χ0) is 10.6. The predicted molar refractivity (Wildman–Crippen MR) is 60.7 cm³/mol. The Hall–Kier alpha value is -0.520. The summed E-state index contributed by atoms with van der Waals surface area (Å²) in [6, 6.07) is 1.72. The minimum Gasteiger partial charge on any atom is -0.368 e. The summed E-state index contributed by atoms with van der Waals surface area (Å²) in [4.78, 5) is 9.95. The summed E-state index contributed by atoms with van der Waals surface area (Å²) < 4.78 is 0. The average molecular weight is 233 g/mol. The molecule has 0 aliphatic heterocycles. The second-order valence-corrected chi connectivity index (χ2v) is 4.54. The van der Waals surface area contributed by atoms with E-state index in [-0.39, 0.29) is 5.95 Å². The molecule has 1 rings (SSSR count). The summed E-state index contributed by atoms with van der Waals surface area (Å²) in [5.41, 5.74) is 5.46. The highest BCUT2D eigenvalue weighted by molar-refractivity contribution is 7.99. The SMILES string of the molecule is CN(C)CCSc1cc(Cl)nc(N)n1. The van der Waals surface area contributed by atoms with Crippen molar-refractivity contribution in [1.82, 2.24) is 14.9 Å². The molecule has 0 saturated heterocycles. The lowest BCUT2D eigenvalue weighted by Gasteiger charge is -2.08. The van der Waals surface area contributed by atoms with Crippen LogP contribution in [0.15, 0.2) is 11.1 Å². The first kappa shape index (κ1) is 11.6. The van der Waals surface area contributed by atoms with Gasteiger partial charge in [0.05, 0.1) is 0 Å². The van der Waals surface area contributed by atoms with Gasteiger partial charge in [0.15, 0.2) is 0 Å². The lowest BCUT2D eigenvalue weighted by atomic mass is 10.7. The van der Waals surface area contributed by atoms with Gasteiger partial charge in [-0.05, 0) is 14.1 Å². The fourth-order valence-corrected chi connectivity index (χ4v) is 2.09. The Bertz CT molecular complexity index is 285. The topological polar surface area (TPSA) is 55.0 Å². The van der Waals surface area contributed by atoms with Crippen LogP contribution in [0, 0.1) is 0 Å². The number of rotatable bonds is 4. The van der Waals surface area contributed by atoms with E-state index < -0.39 is 0 Å². The first-order valence-electron chi connectivity index (χ1n) is 4.15. The number of thioether (sulfide) groups is 1. The minimum atomic E-state index is 0.227. The van der Waals surface area contributed by atoms with Crippen LogP contribution in [0.5, 0.6) is 0 Å². The van der Waals surface area contributed by atoms with E-state index in [2.05, 4.69) is 14.9 Å². The molecular weight excluding hydrogens is 220 g/mol. The van der Waals surface area contributed by atoms with Crippen molar-refractivity contribution in [1.29, 1.82) is 0 Å². The van der Waals surface area contributed by atoms with Gasteiger partial charge in [0.25, 0.3) is 0 Å². The standard InChI is InChI=1S/C8H13ClN4S/c1-13(2)3-4-14-7-5-6(9)11-8(10)12-7/h5H,3-4H2,1-2H3,(H2,10,11,12). The Morgan fingerprint density at radius 2 is 2.21 bits per heavy atom. The average Bonchev–Trinajstić information content (AvgIpc) is 2.01. The largest absolute Gasteiger partial charge is 0.368 e. The summed E-state index contributed by atoms with van der Waals surface area (Å²) in [6.45, 7) is 0.992. The molecule has 2 N–H and O–H groups in total. The highest BCUT2D eigenvalue weighted by Gasteiger charge is 2.01. The van der Waals surface area contributed by atoms with Crippen LogP contribution in [0.4, 0.5) is 5.95 Å². The van der Waals surface area contributed by atoms with Crippen molar-refractivity contribution in [3.63, 3.8) is 0 Å². The third kappa shape index (κ3) is 4.13. The van der Waals surface area contributed by atoms with Crippen molar-refractivity contribution in [3.8, 4) is 0 Å². The number of nitrogens with zero attached hydrogens (tertiary/aromatic N) is 3. The van der Waals surface area contributed by atoms with Gasteiger partial charge in [-0.3, -0.25) is 0 Å². The molecule has 0 aliphatic rings. The lowest BCUT2D eigenvalue weighted by Crippen LogP contribution is -2.14. The molecule has 0 spiro atoms. The number of nitrogens with two attached hydrogens (primary N) is 1. The first-order chi connectivity index (χ1) is 6.58. The van der Waals surface area contributed by atoms with E-state index >= 15 is 0 Å². The van der Waals surface area contributed by atoms with Crippen LogP contribution in [0.2, 0.25) is 5.15 Å². The van der Waals surface area contributed by atoms with Gasteiger partial charge >= 0.3 is 0 Å². The van der Waals surface area contributed by atoms with Gasteiger partial charge in [0, 0.05) is 18.4 Å². The van der Waals surface area contributed by atoms with Crippen LogP contribution < -0.4 is 5.73 Å². The monoisotopic (exact) mass is 232 g/mol. The van der Waals surface area contributed by atoms with Gasteiger partial charge < -0.3 is 10.6 Å². The van der Waals surface area contributed by atoms with Crippen LogP contribution in [0.3, 0.4) is 0 Å². The van der Waals surface area contributed by atoms with Crippen LogP contribution in [-0.4, -0.2) is 41.3 Å². The molecule has 6 heteroatoms. The van der Waals surface area contributed by atoms with Crippen molar-refractivity contribution in [2.75, 3.05) is 32.1 Å². The van der Waals surface area contributed by atoms with Crippen LogP contribution in [0.1, 0.15) is 0 Å². The third-order valence-corrected chi connectivity index (χ3v) is 2.56. The summed E-state index contributed by atoms with van der Waals surface area (Å²) in [6.07, 6.45) is 0. The molecule has 0 radical (unpaired) electrons. The number of hydrogen-bond acceptors (Lipinski definition) is 5. The van der Waals surface area contributed by atoms with Gasteiger partial charge in [-0.1, -0.05) is 11.6 Å². The summed E-state index contributed by atoms with van der Waals surface area (Å²) in [5.74, 6) is 1.18. The van der Waals surface area contributed by atoms with Crippen LogP contribution in [-0.2, 0) is 0 Å². The van der Waals surface area contributed by atoms with Crippen molar-refractivity contribution < 1.29 is 0 Å². The molecule has 78 valence electrons. The van der Waals surface area contributed by atoms with Crippen LogP contribution in [0.25, 0.3) is 0 Å². The quantitative estimate of drug-likeness (QED) is 0.628. The molecule has 0 atom stereocenters. The summed E-state index contributed by atoms with van der Waals surface area (Å²) in [5, 5.41) is 1.22. The second kappa shape index (κ2) is 5.38. The van der Waals surface area contributed by atoms with Gasteiger partial charge in [0.2, 0.25) is 5.95 Å². The fourth-order valence-electron chi connectivity index (χ4n) is 0.820. The third-order valence-electron chi connectivity index (χ3n) is 1.48. The number of aromatic nitrogens is 2. The van der Waals surface area contributed by atoms with E-state index in [1.807, 2.05) is 14.1 Å². The first-order valence-corrected chi connectivity index (χ1v) is 5.52. The van der Waals surface area contributed by atoms with Gasteiger partial charge in [-0.15, -0.1) is 11.8 Å². The van der Waals surface area contributed by atoms with E-state index in [1.54, 1.807) is 17.8 Å². The van der Waals surface area contributed by atoms with E-state index in [0.717, 1.165) is 17.3 Å². The van der Waals surface area contributed by atoms with E-state index in [0.29, 0.717) is 5.15 Å². The molecule has 1 heterocycles. The molecule has 0 fully saturated rings. The molecule has 4 nitrogen and oxygen atoms in total. The normalized spacial score (nSPS) is 10.9. The second-order valence-electron chi connectivity index (χ2n) is 3.04. The zero-order valence-electron chi connectivity index (χ0n) is 8.20. The Kier molecular flexibility index (Phi) is 4.44. The lowest BCUT2D eigenvalue weighted by molar-refractivity contribution is 0.437. The highest BCUT2D eigenvalue weighted by atomic mass is 35.5. The van der Waals surface area contributed by atoms with Gasteiger partial charge in [0.1, 0.15) is 10.2 Å². The molecule has 0 saturated carbocycles. The maximum absolute atomic E-state index is 5.74. The maximum Gasteiger partial charge on any atom is 0.222 e. The fraction of sp³-hybridized carbons (Fsp3) is 0.500. The van der Waals surface area contributed by atoms with E-state index in [9.17, 15) is 0 Å². The van der Waals surface area contributed by atoms with Crippen molar-refractivity contribution in [3.05, 3.63) is 11.2 Å². The molecule has 0 aliphatic carbocycles. The van der Waals surface area contributed by atoms with Gasteiger partial charge in [-0.2, -0.15) is 0 Å². The number of hydrogen-bond donors (Lipinski definition) is 1. The van der Waals surface area contributed by atoms with Crippen molar-refractivity contribution >= 4 is 29.3 Å². The number of anilines is 1. The smallest absolute Gasteiger partial charge is 0.222 e. The number of halogens is 1. The van der Waals surface area contributed by atoms with Crippen molar-refractivity contribution in [2.24, 2.45) is 0 Å². The Morgan fingerprint density at radius 1 is 1.50 bits per heavy atom. The van der Waals surface area contributed by atoms with E-state index in [1.165, 1.54) is 0 Å². The Morgan fingerprint density at radius 3 is 2.79 bits per heavy atom. The summed E-state index contributed by atoms with van der Waals surface area (Å²) in [7, 11) is 4.06. The minimum absolute atomic E-state index is 0.227. The molecule has 0 bridgehead atoms. The molecule has 1 aromatic rings. The van der Waals surface area contributed by atoms with Crippen LogP contribution >= 0.6 is 23.4 Å². The summed E-state index contributed by atoms with van der Waals surface area (Å²) >= 11 is 7.36. The molecule has 0 unspecified atom stereocenters. The zero-order valence-corrected chi connectivity index (χ0v) is 9.77. The molecular formula is C8H13ClN4S. The number of nitrogen functional groups attached to an aromatic ring is 1. The highest BCUT2D eigenvalue weighted by Crippen LogP contribution is 2.19. The molecule has 0 aromatic carbocycles. The van der Waals surface area contributed by atoms with Gasteiger partial charge in [-0.25, -0.2) is 9.97 Å².